The summed E-state index contributed by atoms with van der Waals surface area (Å²) in [4.78, 5) is 0. The van der Waals surface area contributed by atoms with Crippen molar-refractivity contribution in [3.05, 3.63) is 65.2 Å². The summed E-state index contributed by atoms with van der Waals surface area (Å²) >= 11 is 0. The van der Waals surface area contributed by atoms with Crippen molar-refractivity contribution in [2.24, 2.45) is 5.73 Å². The van der Waals surface area contributed by atoms with Crippen LogP contribution in [-0.4, -0.2) is 6.10 Å². The molecule has 110 valence electrons. The van der Waals surface area contributed by atoms with Crippen LogP contribution in [0.4, 0.5) is 8.78 Å². The van der Waals surface area contributed by atoms with Crippen LogP contribution in [0.5, 0.6) is 5.75 Å². The average Bonchev–Trinajstić information content (AvgIpc) is 3.26. The van der Waals surface area contributed by atoms with Crippen LogP contribution in [0.2, 0.25) is 0 Å². The molecule has 1 aliphatic rings. The van der Waals surface area contributed by atoms with Gasteiger partial charge >= 0.3 is 0 Å². The van der Waals surface area contributed by atoms with Crippen LogP contribution in [0.3, 0.4) is 0 Å². The maximum atomic E-state index is 13.6. The maximum absolute atomic E-state index is 13.6. The number of benzene rings is 2. The largest absolute Gasteiger partial charge is 0.490 e. The van der Waals surface area contributed by atoms with Gasteiger partial charge in [-0.3, -0.25) is 0 Å². The van der Waals surface area contributed by atoms with Gasteiger partial charge in [0, 0.05) is 12.1 Å². The van der Waals surface area contributed by atoms with E-state index < -0.39 is 11.6 Å². The summed E-state index contributed by atoms with van der Waals surface area (Å²) in [5, 5.41) is 0. The van der Waals surface area contributed by atoms with Crippen molar-refractivity contribution in [1.29, 1.82) is 0 Å². The van der Waals surface area contributed by atoms with Crippen LogP contribution in [0, 0.1) is 11.6 Å². The second-order valence-corrected chi connectivity index (χ2v) is 5.43. The molecule has 0 saturated heterocycles. The van der Waals surface area contributed by atoms with Gasteiger partial charge in [-0.05, 0) is 48.6 Å². The van der Waals surface area contributed by atoms with Crippen LogP contribution in [0.1, 0.15) is 30.0 Å². The summed E-state index contributed by atoms with van der Waals surface area (Å²) in [6, 6.07) is 10.8. The summed E-state index contributed by atoms with van der Waals surface area (Å²) in [7, 11) is 0. The molecule has 0 aromatic heterocycles. The summed E-state index contributed by atoms with van der Waals surface area (Å²) in [6.45, 7) is 0. The van der Waals surface area contributed by atoms with Crippen molar-refractivity contribution in [2.45, 2.75) is 31.4 Å². The van der Waals surface area contributed by atoms with Crippen LogP contribution in [0.25, 0.3) is 0 Å². The normalized spacial score (nSPS) is 15.8. The highest BCUT2D eigenvalue weighted by molar-refractivity contribution is 5.31. The third-order valence-corrected chi connectivity index (χ3v) is 3.59. The molecule has 4 heteroatoms. The van der Waals surface area contributed by atoms with E-state index >= 15 is 0 Å². The monoisotopic (exact) mass is 289 g/mol. The molecule has 0 radical (unpaired) electrons. The van der Waals surface area contributed by atoms with Gasteiger partial charge in [-0.15, -0.1) is 0 Å². The second-order valence-electron chi connectivity index (χ2n) is 5.43. The fourth-order valence-electron chi connectivity index (χ4n) is 2.21. The first-order valence-corrected chi connectivity index (χ1v) is 7.08. The van der Waals surface area contributed by atoms with E-state index in [2.05, 4.69) is 0 Å². The third kappa shape index (κ3) is 3.58. The molecule has 0 aliphatic heterocycles. The van der Waals surface area contributed by atoms with E-state index in [4.69, 9.17) is 10.5 Å². The predicted octanol–water partition coefficient (Wildman–Crippen LogP) is 3.75. The van der Waals surface area contributed by atoms with Crippen molar-refractivity contribution in [1.82, 2.24) is 0 Å². The lowest BCUT2D eigenvalue weighted by molar-refractivity contribution is 0.303. The highest BCUT2D eigenvalue weighted by atomic mass is 19.1. The van der Waals surface area contributed by atoms with Crippen LogP contribution in [-0.2, 0) is 6.42 Å². The first-order chi connectivity index (χ1) is 10.1. The molecule has 1 fully saturated rings. The molecule has 0 amide bonds. The van der Waals surface area contributed by atoms with Gasteiger partial charge in [-0.2, -0.15) is 0 Å². The predicted molar refractivity (Wildman–Crippen MR) is 77.1 cm³/mol. The molecule has 2 N–H and O–H groups in total. The van der Waals surface area contributed by atoms with E-state index in [1.165, 1.54) is 12.1 Å². The Bertz CT molecular complexity index is 623. The molecular weight excluding hydrogens is 272 g/mol. The smallest absolute Gasteiger partial charge is 0.129 e. The molecule has 21 heavy (non-hydrogen) atoms. The molecule has 1 unspecified atom stereocenters. The van der Waals surface area contributed by atoms with Gasteiger partial charge in [0.25, 0.3) is 0 Å². The zero-order valence-electron chi connectivity index (χ0n) is 11.6. The second kappa shape index (κ2) is 5.82. The van der Waals surface area contributed by atoms with Gasteiger partial charge in [-0.1, -0.05) is 18.2 Å². The first-order valence-electron chi connectivity index (χ1n) is 7.08. The van der Waals surface area contributed by atoms with Crippen molar-refractivity contribution in [3.8, 4) is 5.75 Å². The Kier molecular flexibility index (Phi) is 3.88. The number of hydrogen-bond donors (Lipinski definition) is 1. The van der Waals surface area contributed by atoms with E-state index in [0.29, 0.717) is 18.1 Å². The quantitative estimate of drug-likeness (QED) is 0.910. The van der Waals surface area contributed by atoms with E-state index in [9.17, 15) is 8.78 Å². The molecule has 2 aromatic carbocycles. The molecule has 1 atom stereocenters. The molecule has 0 bridgehead atoms. The van der Waals surface area contributed by atoms with Crippen molar-refractivity contribution in [2.75, 3.05) is 0 Å². The molecule has 2 aromatic rings. The van der Waals surface area contributed by atoms with Crippen molar-refractivity contribution < 1.29 is 13.5 Å². The van der Waals surface area contributed by atoms with E-state index in [1.54, 1.807) is 0 Å². The average molecular weight is 289 g/mol. The minimum Gasteiger partial charge on any atom is -0.490 e. The fraction of sp³-hybridized carbons (Fsp3) is 0.294. The van der Waals surface area contributed by atoms with Gasteiger partial charge in [0.1, 0.15) is 17.4 Å². The fourth-order valence-corrected chi connectivity index (χ4v) is 2.21. The van der Waals surface area contributed by atoms with Crippen LogP contribution >= 0.6 is 0 Å². The van der Waals surface area contributed by atoms with Gasteiger partial charge in [0.15, 0.2) is 0 Å². The van der Waals surface area contributed by atoms with E-state index in [-0.39, 0.29) is 6.04 Å². The van der Waals surface area contributed by atoms with Crippen LogP contribution in [0.15, 0.2) is 42.5 Å². The SMILES string of the molecule is NC(Cc1ccc(F)cc1F)c1ccc(OC2CC2)cc1. The Labute approximate surface area is 122 Å². The number of nitrogens with two attached hydrogens (primary N) is 1. The minimum atomic E-state index is -0.577. The topological polar surface area (TPSA) is 35.2 Å². The molecule has 3 rings (SSSR count). The summed E-state index contributed by atoms with van der Waals surface area (Å²) in [5.74, 6) is -0.299. The number of hydrogen-bond acceptors (Lipinski definition) is 2. The Morgan fingerprint density at radius 3 is 2.43 bits per heavy atom. The Morgan fingerprint density at radius 1 is 1.10 bits per heavy atom. The van der Waals surface area contributed by atoms with Crippen molar-refractivity contribution >= 4 is 0 Å². The number of rotatable bonds is 5. The lowest BCUT2D eigenvalue weighted by Crippen LogP contribution is -2.14. The number of ether oxygens (including phenoxy) is 1. The lowest BCUT2D eigenvalue weighted by Gasteiger charge is -2.13. The lowest BCUT2D eigenvalue weighted by atomic mass is 9.99. The molecule has 0 heterocycles. The standard InChI is InChI=1S/C17H17F2NO/c18-13-4-1-12(16(19)10-13)9-17(20)11-2-5-14(6-3-11)21-15-7-8-15/h1-6,10,15,17H,7-9,20H2. The van der Waals surface area contributed by atoms with Crippen LogP contribution < -0.4 is 10.5 Å². The highest BCUT2D eigenvalue weighted by Gasteiger charge is 2.23. The summed E-state index contributed by atoms with van der Waals surface area (Å²) in [6.07, 6.45) is 2.92. The minimum absolute atomic E-state index is 0.328. The van der Waals surface area contributed by atoms with Gasteiger partial charge in [-0.25, -0.2) is 8.78 Å². The van der Waals surface area contributed by atoms with Crippen molar-refractivity contribution in [3.63, 3.8) is 0 Å². The summed E-state index contributed by atoms with van der Waals surface area (Å²) in [5.41, 5.74) is 7.42. The van der Waals surface area contributed by atoms with Gasteiger partial charge in [0.2, 0.25) is 0 Å². The molecule has 1 aliphatic carbocycles. The third-order valence-electron chi connectivity index (χ3n) is 3.59. The zero-order chi connectivity index (χ0) is 14.8. The molecular formula is C17H17F2NO. The Hall–Kier alpha value is -1.94. The first kappa shape index (κ1) is 14.0. The Balaban J connectivity index is 1.67. The Morgan fingerprint density at radius 2 is 1.81 bits per heavy atom. The molecule has 2 nitrogen and oxygen atoms in total. The van der Waals surface area contributed by atoms with Gasteiger partial charge in [0.05, 0.1) is 6.10 Å². The maximum Gasteiger partial charge on any atom is 0.129 e. The number of halogens is 2. The summed E-state index contributed by atoms with van der Waals surface area (Å²) < 4.78 is 32.2. The highest BCUT2D eigenvalue weighted by Crippen LogP contribution is 2.28. The van der Waals surface area contributed by atoms with E-state index in [0.717, 1.165) is 30.2 Å². The molecule has 0 spiro atoms. The van der Waals surface area contributed by atoms with Gasteiger partial charge < -0.3 is 10.5 Å². The molecule has 1 saturated carbocycles. The van der Waals surface area contributed by atoms with E-state index in [1.807, 2.05) is 24.3 Å². The zero-order valence-corrected chi connectivity index (χ0v) is 11.6.